The van der Waals surface area contributed by atoms with Gasteiger partial charge in [0.05, 0.1) is 39.1 Å². The molecule has 35 heavy (non-hydrogen) atoms. The summed E-state index contributed by atoms with van der Waals surface area (Å²) in [5, 5.41) is 1.18. The maximum atomic E-state index is 15.6. The average Bonchev–Trinajstić information content (AvgIpc) is 3.35. The van der Waals surface area contributed by atoms with Crippen molar-refractivity contribution in [2.75, 3.05) is 44.7 Å². The Bertz CT molecular complexity index is 1390. The molecule has 1 aromatic carbocycles. The smallest absolute Gasteiger partial charge is 0.269 e. The zero-order valence-electron chi connectivity index (χ0n) is 19.0. The third-order valence-electron chi connectivity index (χ3n) is 6.64. The summed E-state index contributed by atoms with van der Waals surface area (Å²) in [5.41, 5.74) is 0.354. The first-order valence-electron chi connectivity index (χ1n) is 11.2. The van der Waals surface area contributed by atoms with Crippen LogP contribution in [0.25, 0.3) is 10.9 Å². The standard InChI is InChI=1S/C23H21B2F2N5O3/c1-28-22(34)15-4-5-16(20(27)29-15)31-7-9-32(10-8-31)23(24,25)14-3-2-12-18(17(14)26)30-21(33)13-6-11-35-19(12)13/h2-5H,6-11H2,1H3,(H,28,34)(H,30,33). The number of hydrogen-bond donors (Lipinski definition) is 2. The first-order valence-corrected chi connectivity index (χ1v) is 11.2. The molecule has 4 heterocycles. The lowest BCUT2D eigenvalue weighted by Gasteiger charge is -2.46. The van der Waals surface area contributed by atoms with Gasteiger partial charge in [-0.15, -0.1) is 0 Å². The Morgan fingerprint density at radius 2 is 1.91 bits per heavy atom. The number of ether oxygens (including phenoxy) is 1. The summed E-state index contributed by atoms with van der Waals surface area (Å²) in [5.74, 6) is -1.57. The number of carbonyl (C=O) groups excluding carboxylic acids is 1. The number of aromatic nitrogens is 2. The van der Waals surface area contributed by atoms with Gasteiger partial charge in [-0.2, -0.15) is 4.39 Å². The normalized spacial score (nSPS) is 16.3. The van der Waals surface area contributed by atoms with Crippen molar-refractivity contribution in [3.05, 3.63) is 63.2 Å². The van der Waals surface area contributed by atoms with E-state index >= 15 is 4.39 Å². The molecule has 0 saturated carbocycles. The number of pyridine rings is 2. The molecule has 176 valence electrons. The van der Waals surface area contributed by atoms with Crippen molar-refractivity contribution in [2.24, 2.45) is 0 Å². The first kappa shape index (κ1) is 23.3. The van der Waals surface area contributed by atoms with Gasteiger partial charge in [0.2, 0.25) is 5.95 Å². The average molecular weight is 475 g/mol. The number of carbonyl (C=O) groups is 1. The van der Waals surface area contributed by atoms with Crippen molar-refractivity contribution in [3.63, 3.8) is 0 Å². The number of halogens is 2. The van der Waals surface area contributed by atoms with Gasteiger partial charge < -0.3 is 24.8 Å². The number of piperazine rings is 1. The molecular formula is C23H21B2F2N5O3. The minimum absolute atomic E-state index is 0.00332. The fourth-order valence-electron chi connectivity index (χ4n) is 4.70. The highest BCUT2D eigenvalue weighted by Gasteiger charge is 2.34. The summed E-state index contributed by atoms with van der Waals surface area (Å²) in [4.78, 5) is 33.8. The zero-order valence-corrected chi connectivity index (χ0v) is 19.0. The number of hydrogen-bond acceptors (Lipinski definition) is 6. The number of benzene rings is 1. The van der Waals surface area contributed by atoms with E-state index in [0.717, 1.165) is 0 Å². The van der Waals surface area contributed by atoms with Crippen LogP contribution in [0.3, 0.4) is 0 Å². The van der Waals surface area contributed by atoms with Crippen LogP contribution in [0.15, 0.2) is 29.1 Å². The Balaban J connectivity index is 1.38. The number of aromatic amines is 1. The third kappa shape index (κ3) is 3.85. The summed E-state index contributed by atoms with van der Waals surface area (Å²) in [6, 6.07) is 6.10. The van der Waals surface area contributed by atoms with E-state index in [-0.39, 0.29) is 22.5 Å². The number of nitrogens with one attached hydrogen (secondary N) is 2. The molecule has 1 fully saturated rings. The van der Waals surface area contributed by atoms with E-state index in [9.17, 15) is 14.0 Å². The predicted molar refractivity (Wildman–Crippen MR) is 128 cm³/mol. The lowest BCUT2D eigenvalue weighted by molar-refractivity contribution is 0.0957. The van der Waals surface area contributed by atoms with Crippen LogP contribution < -0.4 is 20.5 Å². The fraction of sp³-hybridized carbons (Fsp3) is 0.348. The summed E-state index contributed by atoms with van der Waals surface area (Å²) in [7, 11) is 14.3. The fourth-order valence-corrected chi connectivity index (χ4v) is 4.70. The highest BCUT2D eigenvalue weighted by atomic mass is 19.1. The van der Waals surface area contributed by atoms with Gasteiger partial charge >= 0.3 is 0 Å². The Morgan fingerprint density at radius 1 is 1.17 bits per heavy atom. The molecule has 1 saturated heterocycles. The summed E-state index contributed by atoms with van der Waals surface area (Å²) in [6.45, 7) is 1.69. The Hall–Kier alpha value is -3.40. The maximum absolute atomic E-state index is 15.6. The highest BCUT2D eigenvalue weighted by Crippen LogP contribution is 2.35. The maximum Gasteiger partial charge on any atom is 0.269 e. The number of nitrogens with zero attached hydrogens (tertiary/aromatic N) is 3. The molecule has 0 bridgehead atoms. The Labute approximate surface area is 202 Å². The lowest BCUT2D eigenvalue weighted by atomic mass is 9.56. The SMILES string of the molecule is [B]C([B])(c1ccc2c3c(c(=O)[nH]c2c1F)CCO3)N1CCN(c2ccc(C(=O)NC)nc2F)CC1. The van der Waals surface area contributed by atoms with E-state index < -0.39 is 28.6 Å². The van der Waals surface area contributed by atoms with Crippen molar-refractivity contribution < 1.29 is 18.3 Å². The van der Waals surface area contributed by atoms with Gasteiger partial charge in [0, 0.05) is 45.0 Å². The van der Waals surface area contributed by atoms with E-state index in [1.165, 1.54) is 25.2 Å². The number of fused-ring (bicyclic) bond motifs is 3. The Kier molecular flexibility index (Phi) is 5.79. The second kappa shape index (κ2) is 8.67. The van der Waals surface area contributed by atoms with Crippen molar-refractivity contribution in [1.82, 2.24) is 20.2 Å². The van der Waals surface area contributed by atoms with Gasteiger partial charge in [0.25, 0.3) is 11.5 Å². The summed E-state index contributed by atoms with van der Waals surface area (Å²) in [6.07, 6.45) is 0.469. The first-order chi connectivity index (χ1) is 16.7. The molecule has 8 nitrogen and oxygen atoms in total. The molecule has 1 amide bonds. The van der Waals surface area contributed by atoms with Crippen molar-refractivity contribution >= 4 is 38.2 Å². The van der Waals surface area contributed by atoms with E-state index in [2.05, 4.69) is 15.3 Å². The molecule has 4 radical (unpaired) electrons. The van der Waals surface area contributed by atoms with Gasteiger partial charge in [-0.1, -0.05) is 6.07 Å². The third-order valence-corrected chi connectivity index (χ3v) is 6.64. The van der Waals surface area contributed by atoms with Crippen LogP contribution in [0.1, 0.15) is 21.6 Å². The Morgan fingerprint density at radius 3 is 2.60 bits per heavy atom. The van der Waals surface area contributed by atoms with Crippen LogP contribution >= 0.6 is 0 Å². The van der Waals surface area contributed by atoms with Crippen LogP contribution in [0.2, 0.25) is 0 Å². The van der Waals surface area contributed by atoms with Gasteiger partial charge in [-0.05, 0) is 29.1 Å². The van der Waals surface area contributed by atoms with Crippen LogP contribution in [0.4, 0.5) is 14.5 Å². The molecule has 0 aliphatic carbocycles. The van der Waals surface area contributed by atoms with E-state index in [1.807, 2.05) is 0 Å². The van der Waals surface area contributed by atoms with Crippen molar-refractivity contribution in [2.45, 2.75) is 11.8 Å². The minimum Gasteiger partial charge on any atom is -0.492 e. The monoisotopic (exact) mass is 475 g/mol. The topological polar surface area (TPSA) is 90.6 Å². The van der Waals surface area contributed by atoms with Crippen LogP contribution in [-0.2, 0) is 11.8 Å². The predicted octanol–water partition coefficient (Wildman–Crippen LogP) is 0.765. The second-order valence-corrected chi connectivity index (χ2v) is 8.59. The zero-order chi connectivity index (χ0) is 24.9. The molecule has 0 spiro atoms. The van der Waals surface area contributed by atoms with E-state index in [1.54, 1.807) is 15.9 Å². The van der Waals surface area contributed by atoms with E-state index in [0.29, 0.717) is 55.9 Å². The lowest BCUT2D eigenvalue weighted by Crippen LogP contribution is -2.56. The molecule has 2 N–H and O–H groups in total. The van der Waals surface area contributed by atoms with Crippen molar-refractivity contribution in [3.8, 4) is 5.75 Å². The molecule has 2 aromatic heterocycles. The number of anilines is 1. The molecule has 2 aliphatic heterocycles. The second-order valence-electron chi connectivity index (χ2n) is 8.59. The van der Waals surface area contributed by atoms with Crippen molar-refractivity contribution in [1.29, 1.82) is 0 Å². The molecule has 12 heteroatoms. The molecule has 0 atom stereocenters. The van der Waals surface area contributed by atoms with Gasteiger partial charge in [0.1, 0.15) is 11.4 Å². The van der Waals surface area contributed by atoms with Gasteiger partial charge in [-0.25, -0.2) is 9.37 Å². The molecular weight excluding hydrogens is 454 g/mol. The minimum atomic E-state index is -1.68. The van der Waals surface area contributed by atoms with Gasteiger partial charge in [0.15, 0.2) is 5.82 Å². The number of H-pyrrole nitrogens is 1. The summed E-state index contributed by atoms with van der Waals surface area (Å²) >= 11 is 0. The molecule has 5 rings (SSSR count). The van der Waals surface area contributed by atoms with Crippen LogP contribution in [0.5, 0.6) is 5.75 Å². The largest absolute Gasteiger partial charge is 0.492 e. The van der Waals surface area contributed by atoms with Crippen LogP contribution in [0, 0.1) is 11.8 Å². The summed E-state index contributed by atoms with van der Waals surface area (Å²) < 4.78 is 35.7. The van der Waals surface area contributed by atoms with Crippen LogP contribution in [-0.4, -0.2) is 76.3 Å². The van der Waals surface area contributed by atoms with E-state index in [4.69, 9.17) is 20.4 Å². The number of amides is 1. The number of rotatable bonds is 4. The molecule has 2 aliphatic rings. The quantitative estimate of drug-likeness (QED) is 0.428. The highest BCUT2D eigenvalue weighted by molar-refractivity contribution is 6.39. The van der Waals surface area contributed by atoms with Gasteiger partial charge in [-0.3, -0.25) is 9.59 Å². The molecule has 3 aromatic rings. The molecule has 0 unspecified atom stereocenters.